The van der Waals surface area contributed by atoms with Crippen LogP contribution in [0.3, 0.4) is 0 Å². The van der Waals surface area contributed by atoms with E-state index in [1.165, 1.54) is 40.9 Å². The summed E-state index contributed by atoms with van der Waals surface area (Å²) in [6, 6.07) is 13.2. The van der Waals surface area contributed by atoms with Crippen LogP contribution in [-0.4, -0.2) is 32.5 Å². The minimum Gasteiger partial charge on any atom is -0.326 e. The van der Waals surface area contributed by atoms with Crippen molar-refractivity contribution in [1.82, 2.24) is 4.90 Å². The Morgan fingerprint density at radius 3 is 2.50 bits per heavy atom. The van der Waals surface area contributed by atoms with Gasteiger partial charge in [0.2, 0.25) is 5.91 Å². The van der Waals surface area contributed by atoms with E-state index < -0.39 is 4.92 Å². The first-order valence-corrected chi connectivity index (χ1v) is 10.9. The van der Waals surface area contributed by atoms with Crippen LogP contribution >= 0.6 is 39.9 Å². The quantitative estimate of drug-likeness (QED) is 0.247. The number of rotatable bonds is 7. The molecule has 0 aliphatic carbocycles. The van der Waals surface area contributed by atoms with Crippen LogP contribution in [0.1, 0.15) is 18.4 Å². The van der Waals surface area contributed by atoms with Gasteiger partial charge >= 0.3 is 0 Å². The van der Waals surface area contributed by atoms with E-state index in [9.17, 15) is 19.7 Å². The lowest BCUT2D eigenvalue weighted by molar-refractivity contribution is -0.384. The second-order valence-corrected chi connectivity index (χ2v) is 8.93. The van der Waals surface area contributed by atoms with Gasteiger partial charge in [-0.15, -0.1) is 0 Å². The number of thioether (sulfide) groups is 1. The molecular formula is C20H16BrN3O4S2. The fourth-order valence-electron chi connectivity index (χ4n) is 2.69. The fourth-order valence-corrected chi connectivity index (χ4v) is 4.26. The van der Waals surface area contributed by atoms with Gasteiger partial charge in [-0.25, -0.2) is 0 Å². The third kappa shape index (κ3) is 5.74. The van der Waals surface area contributed by atoms with Crippen LogP contribution in [0, 0.1) is 10.1 Å². The Morgan fingerprint density at radius 2 is 1.87 bits per heavy atom. The molecule has 0 radical (unpaired) electrons. The lowest BCUT2D eigenvalue weighted by Crippen LogP contribution is -2.29. The zero-order chi connectivity index (χ0) is 21.7. The molecule has 2 aromatic carbocycles. The monoisotopic (exact) mass is 505 g/mol. The molecule has 0 saturated carbocycles. The first kappa shape index (κ1) is 22.1. The van der Waals surface area contributed by atoms with Crippen molar-refractivity contribution in [3.8, 4) is 0 Å². The number of benzene rings is 2. The Kier molecular flexibility index (Phi) is 7.35. The second-order valence-electron chi connectivity index (χ2n) is 6.34. The van der Waals surface area contributed by atoms with E-state index in [0.717, 1.165) is 10.0 Å². The number of anilines is 1. The van der Waals surface area contributed by atoms with E-state index in [4.69, 9.17) is 12.2 Å². The van der Waals surface area contributed by atoms with Gasteiger partial charge in [0.15, 0.2) is 0 Å². The number of nitrogens with one attached hydrogen (secondary N) is 1. The van der Waals surface area contributed by atoms with Crippen molar-refractivity contribution in [2.24, 2.45) is 0 Å². The predicted molar refractivity (Wildman–Crippen MR) is 125 cm³/mol. The van der Waals surface area contributed by atoms with E-state index in [1.807, 2.05) is 24.3 Å². The van der Waals surface area contributed by atoms with Gasteiger partial charge in [-0.3, -0.25) is 24.6 Å². The van der Waals surface area contributed by atoms with Crippen LogP contribution in [0.5, 0.6) is 0 Å². The lowest BCUT2D eigenvalue weighted by Gasteiger charge is -2.14. The van der Waals surface area contributed by atoms with E-state index in [1.54, 1.807) is 6.08 Å². The SMILES string of the molecule is O=C(CCCN1C(=O)/C(=C/c2ccc(Br)cc2)SC1=S)Nc1ccc([N+](=O)[O-])cc1. The van der Waals surface area contributed by atoms with Crippen molar-refractivity contribution >= 4 is 73.5 Å². The third-order valence-corrected chi connectivity index (χ3v) is 6.10. The molecule has 0 atom stereocenters. The third-order valence-electron chi connectivity index (χ3n) is 4.19. The molecule has 154 valence electrons. The highest BCUT2D eigenvalue weighted by Gasteiger charge is 2.31. The first-order chi connectivity index (χ1) is 14.3. The van der Waals surface area contributed by atoms with Gasteiger partial charge in [-0.05, 0) is 42.3 Å². The van der Waals surface area contributed by atoms with Gasteiger partial charge in [-0.2, -0.15) is 0 Å². The maximum atomic E-state index is 12.6. The summed E-state index contributed by atoms with van der Waals surface area (Å²) in [6.45, 7) is 0.343. The lowest BCUT2D eigenvalue weighted by atomic mass is 10.2. The Hall–Kier alpha value is -2.56. The molecule has 30 heavy (non-hydrogen) atoms. The van der Waals surface area contributed by atoms with Crippen LogP contribution in [0.4, 0.5) is 11.4 Å². The van der Waals surface area contributed by atoms with Crippen LogP contribution in [-0.2, 0) is 9.59 Å². The molecule has 0 bridgehead atoms. The first-order valence-electron chi connectivity index (χ1n) is 8.89. The Balaban J connectivity index is 1.51. The summed E-state index contributed by atoms with van der Waals surface area (Å²) < 4.78 is 1.43. The van der Waals surface area contributed by atoms with Gasteiger partial charge < -0.3 is 5.32 Å². The number of nitro benzene ring substituents is 1. The highest BCUT2D eigenvalue weighted by Crippen LogP contribution is 2.32. The van der Waals surface area contributed by atoms with E-state index in [-0.39, 0.29) is 23.9 Å². The summed E-state index contributed by atoms with van der Waals surface area (Å²) in [5.74, 6) is -0.400. The average molecular weight is 506 g/mol. The Bertz CT molecular complexity index is 1020. The summed E-state index contributed by atoms with van der Waals surface area (Å²) in [6.07, 6.45) is 2.43. The van der Waals surface area contributed by atoms with Crippen molar-refractivity contribution in [3.05, 3.63) is 73.6 Å². The van der Waals surface area contributed by atoms with Crippen LogP contribution in [0.2, 0.25) is 0 Å². The molecule has 1 saturated heterocycles. The minimum absolute atomic E-state index is 0.0430. The minimum atomic E-state index is -0.501. The number of halogens is 1. The topological polar surface area (TPSA) is 92.6 Å². The molecule has 0 aromatic heterocycles. The highest BCUT2D eigenvalue weighted by molar-refractivity contribution is 9.10. The number of nitro groups is 1. The number of hydrogen-bond donors (Lipinski definition) is 1. The molecule has 1 aliphatic rings. The van der Waals surface area contributed by atoms with E-state index in [2.05, 4.69) is 21.2 Å². The standard InChI is InChI=1S/C20H16BrN3O4S2/c21-14-5-3-13(4-6-14)12-17-19(26)23(20(29)30-17)11-1-2-18(25)22-15-7-9-16(10-8-15)24(27)28/h3-10,12H,1-2,11H2,(H,22,25)/b17-12-. The van der Waals surface area contributed by atoms with Gasteiger partial charge in [0.05, 0.1) is 9.83 Å². The van der Waals surface area contributed by atoms with Crippen LogP contribution in [0.15, 0.2) is 57.9 Å². The van der Waals surface area contributed by atoms with Crippen molar-refractivity contribution in [2.45, 2.75) is 12.8 Å². The van der Waals surface area contributed by atoms with Crippen LogP contribution < -0.4 is 5.32 Å². The van der Waals surface area contributed by atoms with Gasteiger partial charge in [0.1, 0.15) is 4.32 Å². The van der Waals surface area contributed by atoms with Crippen LogP contribution in [0.25, 0.3) is 6.08 Å². The summed E-state index contributed by atoms with van der Waals surface area (Å²) >= 11 is 9.94. The number of hydrogen-bond acceptors (Lipinski definition) is 6. The normalized spacial score (nSPS) is 15.0. The number of amides is 2. The van der Waals surface area contributed by atoms with Crippen molar-refractivity contribution in [2.75, 3.05) is 11.9 Å². The molecule has 2 amide bonds. The van der Waals surface area contributed by atoms with Crippen molar-refractivity contribution in [1.29, 1.82) is 0 Å². The Morgan fingerprint density at radius 1 is 1.20 bits per heavy atom. The number of nitrogens with zero attached hydrogens (tertiary/aromatic N) is 2. The molecule has 0 spiro atoms. The average Bonchev–Trinajstić information content (AvgIpc) is 2.97. The molecule has 10 heteroatoms. The maximum absolute atomic E-state index is 12.6. The number of non-ortho nitro benzene ring substituents is 1. The summed E-state index contributed by atoms with van der Waals surface area (Å²) in [7, 11) is 0. The molecule has 1 heterocycles. The van der Waals surface area contributed by atoms with Crippen molar-refractivity contribution < 1.29 is 14.5 Å². The molecule has 1 fully saturated rings. The van der Waals surface area contributed by atoms with E-state index >= 15 is 0 Å². The molecular weight excluding hydrogens is 490 g/mol. The highest BCUT2D eigenvalue weighted by atomic mass is 79.9. The predicted octanol–water partition coefficient (Wildman–Crippen LogP) is 4.98. The smallest absolute Gasteiger partial charge is 0.269 e. The van der Waals surface area contributed by atoms with Gasteiger partial charge in [-0.1, -0.05) is 52.0 Å². The number of carbonyl (C=O) groups is 2. The molecule has 3 rings (SSSR count). The zero-order valence-corrected chi connectivity index (χ0v) is 18.8. The summed E-state index contributed by atoms with van der Waals surface area (Å²) in [5.41, 5.74) is 1.34. The summed E-state index contributed by atoms with van der Waals surface area (Å²) in [4.78, 5) is 36.9. The number of thiocarbonyl (C=S) groups is 1. The van der Waals surface area contributed by atoms with Gasteiger partial charge in [0, 0.05) is 35.3 Å². The molecule has 1 aliphatic heterocycles. The molecule has 0 unspecified atom stereocenters. The largest absolute Gasteiger partial charge is 0.326 e. The molecule has 2 aromatic rings. The van der Waals surface area contributed by atoms with E-state index in [0.29, 0.717) is 27.9 Å². The fraction of sp³-hybridized carbons (Fsp3) is 0.150. The summed E-state index contributed by atoms with van der Waals surface area (Å²) in [5, 5.41) is 13.3. The van der Waals surface area contributed by atoms with Gasteiger partial charge in [0.25, 0.3) is 11.6 Å². The maximum Gasteiger partial charge on any atom is 0.269 e. The zero-order valence-electron chi connectivity index (χ0n) is 15.5. The molecule has 1 N–H and O–H groups in total. The van der Waals surface area contributed by atoms with Crippen molar-refractivity contribution in [3.63, 3.8) is 0 Å². The second kappa shape index (κ2) is 9.96. The number of carbonyl (C=O) groups excluding carboxylic acids is 2. The molecule has 7 nitrogen and oxygen atoms in total. The Labute approximate surface area is 190 Å².